The van der Waals surface area contributed by atoms with Crippen LogP contribution in [-0.2, 0) is 9.53 Å². The van der Waals surface area contributed by atoms with Gasteiger partial charge in [0.1, 0.15) is 0 Å². The molecule has 0 unspecified atom stereocenters. The van der Waals surface area contributed by atoms with E-state index in [9.17, 15) is 14.9 Å². The van der Waals surface area contributed by atoms with E-state index in [1.807, 2.05) is 0 Å². The van der Waals surface area contributed by atoms with Gasteiger partial charge in [0, 0.05) is 22.8 Å². The van der Waals surface area contributed by atoms with Gasteiger partial charge in [-0.3, -0.25) is 14.9 Å². The maximum Gasteiger partial charge on any atom is 0.315 e. The van der Waals surface area contributed by atoms with Gasteiger partial charge in [0.25, 0.3) is 0 Å². The van der Waals surface area contributed by atoms with Crippen molar-refractivity contribution in [2.24, 2.45) is 0 Å². The molecule has 0 aliphatic carbocycles. The Bertz CT molecular complexity index is 478. The first kappa shape index (κ1) is 14.4. The van der Waals surface area contributed by atoms with E-state index in [1.54, 1.807) is 6.92 Å². The number of methoxy groups -OCH3 is 1. The predicted octanol–water partition coefficient (Wildman–Crippen LogP) is 2.04. The number of aromatic nitrogens is 1. The molecule has 0 bridgehead atoms. The molecule has 1 rings (SSSR count). The summed E-state index contributed by atoms with van der Waals surface area (Å²) >= 11 is 3.18. The van der Waals surface area contributed by atoms with Crippen LogP contribution >= 0.6 is 15.9 Å². The van der Waals surface area contributed by atoms with Gasteiger partial charge in [0.2, 0.25) is 5.82 Å². The molecule has 98 valence electrons. The monoisotopic (exact) mass is 317 g/mol. The summed E-state index contributed by atoms with van der Waals surface area (Å²) < 4.78 is 5.03. The fourth-order valence-corrected chi connectivity index (χ4v) is 1.60. The zero-order valence-electron chi connectivity index (χ0n) is 9.90. The van der Waals surface area contributed by atoms with E-state index < -0.39 is 4.92 Å². The Morgan fingerprint density at radius 2 is 2.33 bits per heavy atom. The van der Waals surface area contributed by atoms with Crippen molar-refractivity contribution in [2.75, 3.05) is 19.0 Å². The van der Waals surface area contributed by atoms with Crippen LogP contribution < -0.4 is 5.32 Å². The fraction of sp³-hybridized carbons (Fsp3) is 0.400. The number of carbonyl (C=O) groups is 1. The van der Waals surface area contributed by atoms with Gasteiger partial charge in [-0.2, -0.15) is 0 Å². The zero-order chi connectivity index (χ0) is 13.7. The molecular formula is C10H12BrN3O4. The summed E-state index contributed by atoms with van der Waals surface area (Å²) in [6.45, 7) is 1.84. The summed E-state index contributed by atoms with van der Waals surface area (Å²) in [4.78, 5) is 25.3. The van der Waals surface area contributed by atoms with Gasteiger partial charge in [-0.15, -0.1) is 0 Å². The molecule has 0 aliphatic rings. The van der Waals surface area contributed by atoms with E-state index in [4.69, 9.17) is 0 Å². The molecule has 1 N–H and O–H groups in total. The van der Waals surface area contributed by atoms with E-state index in [0.717, 1.165) is 0 Å². The molecule has 18 heavy (non-hydrogen) atoms. The standard InChI is InChI=1S/C10H12BrN3O4/c1-6-7(11)5-13-10(9(6)14(16)17)12-4-3-8(15)18-2/h5H,3-4H2,1-2H3,(H,12,13). The molecule has 0 aliphatic heterocycles. The molecule has 7 nitrogen and oxygen atoms in total. The third-order valence-corrected chi connectivity index (χ3v) is 3.08. The number of nitro groups is 1. The Hall–Kier alpha value is -1.70. The summed E-state index contributed by atoms with van der Waals surface area (Å²) in [6.07, 6.45) is 1.59. The minimum atomic E-state index is -0.506. The highest BCUT2D eigenvalue weighted by Gasteiger charge is 2.20. The SMILES string of the molecule is COC(=O)CCNc1ncc(Br)c(C)c1[N+](=O)[O-]. The first-order valence-electron chi connectivity index (χ1n) is 5.07. The maximum atomic E-state index is 11.0. The maximum absolute atomic E-state index is 11.0. The van der Waals surface area contributed by atoms with Crippen LogP contribution in [0.4, 0.5) is 11.5 Å². The lowest BCUT2D eigenvalue weighted by atomic mass is 10.2. The first-order valence-corrected chi connectivity index (χ1v) is 5.86. The van der Waals surface area contributed by atoms with Crippen LogP contribution in [0.5, 0.6) is 0 Å². The van der Waals surface area contributed by atoms with Gasteiger partial charge >= 0.3 is 11.7 Å². The third-order valence-electron chi connectivity index (χ3n) is 2.28. The summed E-state index contributed by atoms with van der Waals surface area (Å²) in [7, 11) is 1.28. The van der Waals surface area contributed by atoms with E-state index in [-0.39, 0.29) is 30.4 Å². The molecule has 0 aromatic carbocycles. The van der Waals surface area contributed by atoms with Crippen molar-refractivity contribution in [1.29, 1.82) is 0 Å². The molecular weight excluding hydrogens is 306 g/mol. The highest BCUT2D eigenvalue weighted by atomic mass is 79.9. The smallest absolute Gasteiger partial charge is 0.315 e. The summed E-state index contributed by atoms with van der Waals surface area (Å²) in [5.41, 5.74) is 0.379. The summed E-state index contributed by atoms with van der Waals surface area (Å²) in [6, 6.07) is 0. The van der Waals surface area contributed by atoms with E-state index in [2.05, 4.69) is 31.0 Å². The molecule has 1 aromatic heterocycles. The second-order valence-corrected chi connectivity index (χ2v) is 4.29. The minimum absolute atomic E-state index is 0.103. The lowest BCUT2D eigenvalue weighted by Crippen LogP contribution is -2.12. The number of anilines is 1. The number of pyridine rings is 1. The predicted molar refractivity (Wildman–Crippen MR) is 68.5 cm³/mol. The highest BCUT2D eigenvalue weighted by Crippen LogP contribution is 2.31. The van der Waals surface area contributed by atoms with Gasteiger partial charge < -0.3 is 10.1 Å². The molecule has 1 heterocycles. The molecule has 0 saturated carbocycles. The van der Waals surface area contributed by atoms with Gasteiger partial charge in [0.05, 0.1) is 18.5 Å². The van der Waals surface area contributed by atoms with E-state index in [1.165, 1.54) is 13.3 Å². The fourth-order valence-electron chi connectivity index (χ4n) is 1.31. The minimum Gasteiger partial charge on any atom is -0.469 e. The second-order valence-electron chi connectivity index (χ2n) is 3.44. The molecule has 0 radical (unpaired) electrons. The molecule has 8 heteroatoms. The Morgan fingerprint density at radius 1 is 1.67 bits per heavy atom. The topological polar surface area (TPSA) is 94.4 Å². The second kappa shape index (κ2) is 6.29. The van der Waals surface area contributed by atoms with Crippen molar-refractivity contribution in [3.05, 3.63) is 26.3 Å². The van der Waals surface area contributed by atoms with Gasteiger partial charge in [-0.25, -0.2) is 4.98 Å². The van der Waals surface area contributed by atoms with Gasteiger partial charge in [-0.05, 0) is 22.9 Å². The summed E-state index contributed by atoms with van der Waals surface area (Å²) in [5.74, 6) is -0.247. The van der Waals surface area contributed by atoms with E-state index >= 15 is 0 Å². The lowest BCUT2D eigenvalue weighted by Gasteiger charge is -2.08. The van der Waals surface area contributed by atoms with Crippen molar-refractivity contribution in [3.63, 3.8) is 0 Å². The molecule has 0 amide bonds. The van der Waals surface area contributed by atoms with Crippen LogP contribution in [-0.4, -0.2) is 29.5 Å². The molecule has 0 spiro atoms. The Kier molecular flexibility index (Phi) is 5.02. The molecule has 0 atom stereocenters. The number of ether oxygens (including phenoxy) is 1. The van der Waals surface area contributed by atoms with Crippen molar-refractivity contribution in [3.8, 4) is 0 Å². The van der Waals surface area contributed by atoms with Crippen molar-refractivity contribution < 1.29 is 14.5 Å². The lowest BCUT2D eigenvalue weighted by molar-refractivity contribution is -0.384. The van der Waals surface area contributed by atoms with Crippen molar-refractivity contribution in [1.82, 2.24) is 4.98 Å². The van der Waals surface area contributed by atoms with Gasteiger partial charge in [0.15, 0.2) is 0 Å². The van der Waals surface area contributed by atoms with Crippen molar-refractivity contribution in [2.45, 2.75) is 13.3 Å². The van der Waals surface area contributed by atoms with Crippen molar-refractivity contribution >= 4 is 33.4 Å². The van der Waals surface area contributed by atoms with E-state index in [0.29, 0.717) is 10.0 Å². The number of halogens is 1. The number of nitrogens with one attached hydrogen (secondary N) is 1. The molecule has 0 fully saturated rings. The normalized spacial score (nSPS) is 9.94. The largest absolute Gasteiger partial charge is 0.469 e. The summed E-state index contributed by atoms with van der Waals surface area (Å²) in [5, 5.41) is 13.7. The van der Waals surface area contributed by atoms with Crippen LogP contribution in [0.3, 0.4) is 0 Å². The van der Waals surface area contributed by atoms with Gasteiger partial charge in [-0.1, -0.05) is 0 Å². The molecule has 0 saturated heterocycles. The van der Waals surface area contributed by atoms with Crippen LogP contribution in [0.15, 0.2) is 10.7 Å². The number of rotatable bonds is 5. The Balaban J connectivity index is 2.86. The Labute approximate surface area is 112 Å². The average molecular weight is 318 g/mol. The van der Waals surface area contributed by atoms with Crippen LogP contribution in [0.1, 0.15) is 12.0 Å². The zero-order valence-corrected chi connectivity index (χ0v) is 11.5. The average Bonchev–Trinajstić information content (AvgIpc) is 2.33. The number of esters is 1. The first-order chi connectivity index (χ1) is 8.47. The highest BCUT2D eigenvalue weighted by molar-refractivity contribution is 9.10. The van der Waals surface area contributed by atoms with Crippen LogP contribution in [0.25, 0.3) is 0 Å². The number of hydrogen-bond donors (Lipinski definition) is 1. The third kappa shape index (κ3) is 3.39. The quantitative estimate of drug-likeness (QED) is 0.507. The van der Waals surface area contributed by atoms with Crippen LogP contribution in [0, 0.1) is 17.0 Å². The van der Waals surface area contributed by atoms with Crippen LogP contribution in [0.2, 0.25) is 0 Å². The number of carbonyl (C=O) groups excluding carboxylic acids is 1. The molecule has 1 aromatic rings. The number of nitrogens with zero attached hydrogens (tertiary/aromatic N) is 2. The number of hydrogen-bond acceptors (Lipinski definition) is 6. The Morgan fingerprint density at radius 3 is 2.89 bits per heavy atom.